The highest BCUT2D eigenvalue weighted by atomic mass is 16.7. The summed E-state index contributed by atoms with van der Waals surface area (Å²) < 4.78 is 15.4. The Kier molecular flexibility index (Phi) is 6.28. The van der Waals surface area contributed by atoms with Gasteiger partial charge in [0, 0.05) is 27.9 Å². The molecule has 0 rings (SSSR count). The summed E-state index contributed by atoms with van der Waals surface area (Å²) in [7, 11) is 8.83. The van der Waals surface area contributed by atoms with Gasteiger partial charge in [0.2, 0.25) is 0 Å². The summed E-state index contributed by atoms with van der Waals surface area (Å²) >= 11 is 0. The molecule has 0 heterocycles. The van der Waals surface area contributed by atoms with Crippen molar-refractivity contribution in [1.29, 1.82) is 0 Å². The van der Waals surface area contributed by atoms with E-state index in [0.717, 1.165) is 6.54 Å². The molecule has 0 aliphatic carbocycles. The molecule has 0 saturated carbocycles. The monoisotopic (exact) mass is 177 g/mol. The minimum Gasteiger partial charge on any atom is -0.375 e. The van der Waals surface area contributed by atoms with Crippen molar-refractivity contribution >= 4 is 0 Å². The first kappa shape index (κ1) is 11.8. The summed E-state index contributed by atoms with van der Waals surface area (Å²) in [6, 6.07) is 0. The summed E-state index contributed by atoms with van der Waals surface area (Å²) in [5.41, 5.74) is 0. The van der Waals surface area contributed by atoms with Gasteiger partial charge in [0.25, 0.3) is 0 Å². The Balaban J connectivity index is 3.92. The van der Waals surface area contributed by atoms with Gasteiger partial charge in [0.15, 0.2) is 6.29 Å². The predicted molar refractivity (Wildman–Crippen MR) is 47.2 cm³/mol. The Morgan fingerprint density at radius 1 is 1.00 bits per heavy atom. The predicted octanol–water partition coefficient (Wildman–Crippen LogP) is 0.182. The zero-order valence-corrected chi connectivity index (χ0v) is 8.53. The molecule has 0 aromatic rings. The molecule has 0 saturated heterocycles. The average Bonchev–Trinajstić information content (AvgIpc) is 2.04. The van der Waals surface area contributed by atoms with Gasteiger partial charge in [-0.3, -0.25) is 0 Å². The van der Waals surface area contributed by atoms with Gasteiger partial charge < -0.3 is 19.1 Å². The van der Waals surface area contributed by atoms with Crippen LogP contribution in [0.3, 0.4) is 0 Å². The first-order valence-electron chi connectivity index (χ1n) is 3.88. The molecule has 0 aliphatic rings. The van der Waals surface area contributed by atoms with Gasteiger partial charge in [-0.15, -0.1) is 0 Å². The third-order valence-electron chi connectivity index (χ3n) is 1.62. The van der Waals surface area contributed by atoms with E-state index in [2.05, 4.69) is 0 Å². The van der Waals surface area contributed by atoms with Crippen molar-refractivity contribution in [2.75, 3.05) is 42.0 Å². The van der Waals surface area contributed by atoms with Crippen LogP contribution in [0.15, 0.2) is 0 Å². The molecular weight excluding hydrogens is 158 g/mol. The first-order valence-corrected chi connectivity index (χ1v) is 3.88. The van der Waals surface area contributed by atoms with Gasteiger partial charge in [-0.25, -0.2) is 0 Å². The number of ether oxygens (including phenoxy) is 3. The van der Waals surface area contributed by atoms with Crippen LogP contribution in [0, 0.1) is 0 Å². The minimum absolute atomic E-state index is 0.0463. The highest BCUT2D eigenvalue weighted by Gasteiger charge is 2.20. The minimum atomic E-state index is -0.294. The molecule has 0 radical (unpaired) electrons. The van der Waals surface area contributed by atoms with Crippen LogP contribution in [-0.2, 0) is 14.2 Å². The maximum atomic E-state index is 5.21. The van der Waals surface area contributed by atoms with Gasteiger partial charge >= 0.3 is 0 Å². The zero-order chi connectivity index (χ0) is 9.56. The van der Waals surface area contributed by atoms with Crippen molar-refractivity contribution in [3.05, 3.63) is 0 Å². The topological polar surface area (TPSA) is 30.9 Å². The molecule has 12 heavy (non-hydrogen) atoms. The van der Waals surface area contributed by atoms with Crippen molar-refractivity contribution in [2.45, 2.75) is 12.4 Å². The van der Waals surface area contributed by atoms with E-state index >= 15 is 0 Å². The molecule has 0 spiro atoms. The van der Waals surface area contributed by atoms with Crippen molar-refractivity contribution < 1.29 is 14.2 Å². The Hall–Kier alpha value is -0.160. The average molecular weight is 177 g/mol. The third kappa shape index (κ3) is 4.01. The normalized spacial score (nSPS) is 14.2. The summed E-state index contributed by atoms with van der Waals surface area (Å²) in [6.45, 7) is 0.781. The van der Waals surface area contributed by atoms with E-state index in [-0.39, 0.29) is 12.4 Å². The molecule has 0 bridgehead atoms. The SMILES string of the molecule is COC(CN(C)C)C(OC)OC. The number of hydrogen-bond acceptors (Lipinski definition) is 4. The zero-order valence-electron chi connectivity index (χ0n) is 8.53. The van der Waals surface area contributed by atoms with Crippen LogP contribution >= 0.6 is 0 Å². The molecule has 0 aliphatic heterocycles. The Labute approximate surface area is 74.4 Å². The van der Waals surface area contributed by atoms with E-state index in [4.69, 9.17) is 14.2 Å². The summed E-state index contributed by atoms with van der Waals surface area (Å²) in [6.07, 6.45) is -0.340. The van der Waals surface area contributed by atoms with Crippen LogP contribution in [0.25, 0.3) is 0 Å². The molecule has 1 atom stereocenters. The second-order valence-corrected chi connectivity index (χ2v) is 2.88. The largest absolute Gasteiger partial charge is 0.375 e. The lowest BCUT2D eigenvalue weighted by Gasteiger charge is -2.25. The smallest absolute Gasteiger partial charge is 0.184 e. The number of rotatable bonds is 6. The molecular formula is C8H19NO3. The van der Waals surface area contributed by atoms with Gasteiger partial charge in [-0.05, 0) is 14.1 Å². The number of nitrogens with zero attached hydrogens (tertiary/aromatic N) is 1. The number of likely N-dealkylation sites (N-methyl/N-ethyl adjacent to an activating group) is 1. The Morgan fingerprint density at radius 3 is 1.75 bits per heavy atom. The van der Waals surface area contributed by atoms with Crippen LogP contribution in [-0.4, -0.2) is 59.3 Å². The van der Waals surface area contributed by atoms with E-state index < -0.39 is 0 Å². The van der Waals surface area contributed by atoms with Crippen molar-refractivity contribution in [1.82, 2.24) is 4.90 Å². The van der Waals surface area contributed by atoms with Crippen LogP contribution < -0.4 is 0 Å². The lowest BCUT2D eigenvalue weighted by molar-refractivity contribution is -0.176. The van der Waals surface area contributed by atoms with Crippen LogP contribution in [0.4, 0.5) is 0 Å². The fourth-order valence-corrected chi connectivity index (χ4v) is 1.03. The van der Waals surface area contributed by atoms with E-state index in [1.54, 1.807) is 21.3 Å². The van der Waals surface area contributed by atoms with Crippen LogP contribution in [0.2, 0.25) is 0 Å². The van der Waals surface area contributed by atoms with Gasteiger partial charge in [-0.1, -0.05) is 0 Å². The molecule has 0 fully saturated rings. The molecule has 0 aromatic heterocycles. The lowest BCUT2D eigenvalue weighted by Crippen LogP contribution is -2.39. The lowest BCUT2D eigenvalue weighted by atomic mass is 10.3. The van der Waals surface area contributed by atoms with Gasteiger partial charge in [0.05, 0.1) is 0 Å². The molecule has 0 N–H and O–H groups in total. The second-order valence-electron chi connectivity index (χ2n) is 2.88. The first-order chi connectivity index (χ1) is 5.65. The Morgan fingerprint density at radius 2 is 1.50 bits per heavy atom. The summed E-state index contributed by atoms with van der Waals surface area (Å²) in [5, 5.41) is 0. The maximum absolute atomic E-state index is 5.21. The van der Waals surface area contributed by atoms with E-state index in [0.29, 0.717) is 0 Å². The molecule has 4 heteroatoms. The second kappa shape index (κ2) is 6.37. The molecule has 74 valence electrons. The van der Waals surface area contributed by atoms with Crippen molar-refractivity contribution in [2.24, 2.45) is 0 Å². The van der Waals surface area contributed by atoms with Crippen LogP contribution in [0.1, 0.15) is 0 Å². The fourth-order valence-electron chi connectivity index (χ4n) is 1.03. The van der Waals surface area contributed by atoms with Crippen molar-refractivity contribution in [3.63, 3.8) is 0 Å². The van der Waals surface area contributed by atoms with E-state index in [1.165, 1.54) is 0 Å². The van der Waals surface area contributed by atoms with Crippen LogP contribution in [0.5, 0.6) is 0 Å². The summed E-state index contributed by atoms with van der Waals surface area (Å²) in [5.74, 6) is 0. The fraction of sp³-hybridized carbons (Fsp3) is 1.00. The maximum Gasteiger partial charge on any atom is 0.184 e. The Bertz CT molecular complexity index is 104. The standard InChI is InChI=1S/C8H19NO3/c1-9(2)6-7(10-3)8(11-4)12-5/h7-8H,6H2,1-5H3. The van der Waals surface area contributed by atoms with Crippen molar-refractivity contribution in [3.8, 4) is 0 Å². The van der Waals surface area contributed by atoms with E-state index in [9.17, 15) is 0 Å². The van der Waals surface area contributed by atoms with E-state index in [1.807, 2.05) is 19.0 Å². The molecule has 0 aromatic carbocycles. The number of hydrogen-bond donors (Lipinski definition) is 0. The van der Waals surface area contributed by atoms with Gasteiger partial charge in [-0.2, -0.15) is 0 Å². The molecule has 0 amide bonds. The quantitative estimate of drug-likeness (QED) is 0.542. The number of methoxy groups -OCH3 is 3. The molecule has 1 unspecified atom stereocenters. The highest BCUT2D eigenvalue weighted by Crippen LogP contribution is 2.03. The van der Waals surface area contributed by atoms with Gasteiger partial charge in [0.1, 0.15) is 6.10 Å². The summed E-state index contributed by atoms with van der Waals surface area (Å²) in [4.78, 5) is 2.03. The highest BCUT2D eigenvalue weighted by molar-refractivity contribution is 4.64. The third-order valence-corrected chi connectivity index (χ3v) is 1.62. The molecule has 4 nitrogen and oxygen atoms in total.